The molecule has 0 saturated heterocycles. The Kier molecular flexibility index (Phi) is 5.30. The van der Waals surface area contributed by atoms with E-state index in [9.17, 15) is 13.2 Å². The lowest BCUT2D eigenvalue weighted by atomic mass is 9.97. The van der Waals surface area contributed by atoms with Crippen molar-refractivity contribution in [3.8, 4) is 5.75 Å². The molecule has 2 aromatic rings. The number of sulfone groups is 1. The average Bonchev–Trinajstić information content (AvgIpc) is 2.60. The standard InChI is InChI=1S/C18H18ClNO4S/c19-15-5-7-16(8-6-15)25(22,23)12-18(21)20-10-13-9-14-3-1-2-4-17(14)24-11-13/h1-8,13H,9-12H2,(H,20,21). The van der Waals surface area contributed by atoms with Gasteiger partial charge in [0.15, 0.2) is 9.84 Å². The van der Waals surface area contributed by atoms with Gasteiger partial charge in [0.25, 0.3) is 0 Å². The lowest BCUT2D eigenvalue weighted by molar-refractivity contribution is -0.118. The number of carbonyl (C=O) groups is 1. The van der Waals surface area contributed by atoms with Crippen LogP contribution in [0, 0.1) is 5.92 Å². The van der Waals surface area contributed by atoms with Gasteiger partial charge in [-0.3, -0.25) is 4.79 Å². The zero-order valence-electron chi connectivity index (χ0n) is 13.4. The highest BCUT2D eigenvalue weighted by atomic mass is 35.5. The van der Waals surface area contributed by atoms with Crippen LogP contribution >= 0.6 is 11.6 Å². The molecule has 1 atom stereocenters. The maximum Gasteiger partial charge on any atom is 0.235 e. The van der Waals surface area contributed by atoms with E-state index in [0.29, 0.717) is 18.2 Å². The molecule has 3 rings (SSSR count). The quantitative estimate of drug-likeness (QED) is 0.866. The molecule has 1 amide bonds. The number of fused-ring (bicyclic) bond motifs is 1. The fourth-order valence-corrected chi connectivity index (χ4v) is 4.02. The fraction of sp³-hybridized carbons (Fsp3) is 0.278. The molecule has 2 aromatic carbocycles. The van der Waals surface area contributed by atoms with Crippen molar-refractivity contribution in [2.75, 3.05) is 18.9 Å². The molecule has 0 fully saturated rings. The zero-order valence-corrected chi connectivity index (χ0v) is 15.0. The number of para-hydroxylation sites is 1. The third-order valence-electron chi connectivity index (χ3n) is 4.04. The first-order valence-electron chi connectivity index (χ1n) is 7.90. The van der Waals surface area contributed by atoms with Crippen molar-refractivity contribution >= 4 is 27.3 Å². The average molecular weight is 380 g/mol. The molecule has 0 aliphatic carbocycles. The number of hydrogen-bond donors (Lipinski definition) is 1. The van der Waals surface area contributed by atoms with Crippen LogP contribution in [0.15, 0.2) is 53.4 Å². The highest BCUT2D eigenvalue weighted by Crippen LogP contribution is 2.26. The van der Waals surface area contributed by atoms with E-state index in [0.717, 1.165) is 17.7 Å². The van der Waals surface area contributed by atoms with Crippen LogP contribution in [0.5, 0.6) is 5.75 Å². The predicted molar refractivity (Wildman–Crippen MR) is 95.6 cm³/mol. The van der Waals surface area contributed by atoms with Gasteiger partial charge < -0.3 is 10.1 Å². The Bertz CT molecular complexity index is 865. The number of hydrogen-bond acceptors (Lipinski definition) is 4. The van der Waals surface area contributed by atoms with Crippen LogP contribution in [-0.2, 0) is 21.1 Å². The van der Waals surface area contributed by atoms with Gasteiger partial charge in [0.05, 0.1) is 11.5 Å². The van der Waals surface area contributed by atoms with E-state index in [1.807, 2.05) is 24.3 Å². The molecule has 0 aromatic heterocycles. The van der Waals surface area contributed by atoms with E-state index in [2.05, 4.69) is 5.32 Å². The third-order valence-corrected chi connectivity index (χ3v) is 5.92. The number of rotatable bonds is 5. The topological polar surface area (TPSA) is 72.5 Å². The summed E-state index contributed by atoms with van der Waals surface area (Å²) >= 11 is 5.75. The van der Waals surface area contributed by atoms with Crippen LogP contribution in [-0.4, -0.2) is 33.2 Å². The molecular formula is C18H18ClNO4S. The molecule has 7 heteroatoms. The second-order valence-corrected chi connectivity index (χ2v) is 8.43. The van der Waals surface area contributed by atoms with Crippen molar-refractivity contribution in [3.63, 3.8) is 0 Å². The molecule has 0 spiro atoms. The maximum atomic E-state index is 12.2. The highest BCUT2D eigenvalue weighted by molar-refractivity contribution is 7.92. The molecule has 5 nitrogen and oxygen atoms in total. The van der Waals surface area contributed by atoms with Crippen LogP contribution < -0.4 is 10.1 Å². The van der Waals surface area contributed by atoms with E-state index in [4.69, 9.17) is 16.3 Å². The van der Waals surface area contributed by atoms with Gasteiger partial charge in [-0.05, 0) is 42.3 Å². The van der Waals surface area contributed by atoms with E-state index in [-0.39, 0.29) is 10.8 Å². The molecule has 1 unspecified atom stereocenters. The van der Waals surface area contributed by atoms with Crippen LogP contribution in [0.2, 0.25) is 5.02 Å². The number of nitrogens with one attached hydrogen (secondary N) is 1. The lowest BCUT2D eigenvalue weighted by Crippen LogP contribution is -2.37. The highest BCUT2D eigenvalue weighted by Gasteiger charge is 2.22. The normalized spacial score (nSPS) is 16.6. The van der Waals surface area contributed by atoms with Gasteiger partial charge >= 0.3 is 0 Å². The van der Waals surface area contributed by atoms with E-state index in [1.165, 1.54) is 24.3 Å². The maximum absolute atomic E-state index is 12.2. The number of benzene rings is 2. The lowest BCUT2D eigenvalue weighted by Gasteiger charge is -2.25. The third kappa shape index (κ3) is 4.52. The van der Waals surface area contributed by atoms with Gasteiger partial charge in [0.2, 0.25) is 5.91 Å². The van der Waals surface area contributed by atoms with E-state index >= 15 is 0 Å². The predicted octanol–water partition coefficient (Wildman–Crippen LogP) is 2.48. The summed E-state index contributed by atoms with van der Waals surface area (Å²) in [4.78, 5) is 12.1. The molecule has 0 saturated carbocycles. The van der Waals surface area contributed by atoms with Crippen LogP contribution in [0.25, 0.3) is 0 Å². The summed E-state index contributed by atoms with van der Waals surface area (Å²) in [6, 6.07) is 13.6. The summed E-state index contributed by atoms with van der Waals surface area (Å²) in [5.41, 5.74) is 1.10. The van der Waals surface area contributed by atoms with Gasteiger partial charge in [0, 0.05) is 17.5 Å². The fourth-order valence-electron chi connectivity index (χ4n) is 2.73. The molecule has 1 aliphatic heterocycles. The van der Waals surface area contributed by atoms with Crippen LogP contribution in [0.1, 0.15) is 5.56 Å². The molecule has 0 radical (unpaired) electrons. The molecule has 1 heterocycles. The summed E-state index contributed by atoms with van der Waals surface area (Å²) in [5.74, 6) is -0.111. The summed E-state index contributed by atoms with van der Waals surface area (Å²) in [6.07, 6.45) is 0.792. The van der Waals surface area contributed by atoms with E-state index in [1.54, 1.807) is 0 Å². The first kappa shape index (κ1) is 17.8. The van der Waals surface area contributed by atoms with Crippen molar-refractivity contribution in [1.82, 2.24) is 5.32 Å². The van der Waals surface area contributed by atoms with Gasteiger partial charge in [-0.15, -0.1) is 0 Å². The van der Waals surface area contributed by atoms with Gasteiger partial charge in [-0.25, -0.2) is 8.42 Å². The molecule has 1 aliphatic rings. The second kappa shape index (κ2) is 7.45. The minimum Gasteiger partial charge on any atom is -0.493 e. The first-order valence-corrected chi connectivity index (χ1v) is 9.93. The Balaban J connectivity index is 1.54. The molecular weight excluding hydrogens is 362 g/mol. The number of carbonyl (C=O) groups excluding carboxylic acids is 1. The van der Waals surface area contributed by atoms with E-state index < -0.39 is 21.5 Å². The minimum atomic E-state index is -3.68. The number of halogens is 1. The molecule has 132 valence electrons. The first-order chi connectivity index (χ1) is 11.9. The Labute approximate surface area is 151 Å². The second-order valence-electron chi connectivity index (χ2n) is 6.01. The largest absolute Gasteiger partial charge is 0.493 e. The van der Waals surface area contributed by atoms with Crippen LogP contribution in [0.4, 0.5) is 0 Å². The van der Waals surface area contributed by atoms with Crippen molar-refractivity contribution in [2.45, 2.75) is 11.3 Å². The summed E-state index contributed by atoms with van der Waals surface area (Å²) in [5, 5.41) is 3.14. The summed E-state index contributed by atoms with van der Waals surface area (Å²) in [6.45, 7) is 0.879. The summed E-state index contributed by atoms with van der Waals surface area (Å²) < 4.78 is 30.1. The van der Waals surface area contributed by atoms with Crippen molar-refractivity contribution < 1.29 is 17.9 Å². The summed E-state index contributed by atoms with van der Waals surface area (Å²) in [7, 11) is -3.68. The molecule has 0 bridgehead atoms. The zero-order chi connectivity index (χ0) is 17.9. The molecule has 25 heavy (non-hydrogen) atoms. The number of ether oxygens (including phenoxy) is 1. The Morgan fingerprint density at radius 1 is 1.16 bits per heavy atom. The van der Waals surface area contributed by atoms with Crippen LogP contribution in [0.3, 0.4) is 0 Å². The Hall–Kier alpha value is -2.05. The Morgan fingerprint density at radius 2 is 1.88 bits per heavy atom. The monoisotopic (exact) mass is 379 g/mol. The van der Waals surface area contributed by atoms with Crippen molar-refractivity contribution in [1.29, 1.82) is 0 Å². The Morgan fingerprint density at radius 3 is 2.64 bits per heavy atom. The van der Waals surface area contributed by atoms with Crippen molar-refractivity contribution in [2.24, 2.45) is 5.92 Å². The minimum absolute atomic E-state index is 0.0852. The smallest absolute Gasteiger partial charge is 0.235 e. The number of amides is 1. The molecule has 1 N–H and O–H groups in total. The van der Waals surface area contributed by atoms with Crippen molar-refractivity contribution in [3.05, 3.63) is 59.1 Å². The van der Waals surface area contributed by atoms with Gasteiger partial charge in [-0.1, -0.05) is 29.8 Å². The van der Waals surface area contributed by atoms with Gasteiger partial charge in [-0.2, -0.15) is 0 Å². The van der Waals surface area contributed by atoms with Gasteiger partial charge in [0.1, 0.15) is 11.5 Å². The SMILES string of the molecule is O=C(CS(=O)(=O)c1ccc(Cl)cc1)NCC1COc2ccccc2C1.